The maximum Gasteiger partial charge on any atom is 0.329 e. The lowest BCUT2D eigenvalue weighted by Gasteiger charge is -2.38. The van der Waals surface area contributed by atoms with Gasteiger partial charge in [0.1, 0.15) is 5.54 Å². The van der Waals surface area contributed by atoms with E-state index in [4.69, 9.17) is 5.11 Å². The second-order valence-corrected chi connectivity index (χ2v) is 4.06. The first-order valence-corrected chi connectivity index (χ1v) is 5.35. The minimum atomic E-state index is -1.09. The zero-order chi connectivity index (χ0) is 12.3. The molecule has 0 saturated heterocycles. The Labute approximate surface area is 98.1 Å². The van der Waals surface area contributed by atoms with E-state index in [0.29, 0.717) is 18.5 Å². The number of aliphatic carboxylic acids is 1. The minimum Gasteiger partial charge on any atom is -0.480 e. The molecule has 1 aromatic heterocycles. The van der Waals surface area contributed by atoms with Gasteiger partial charge in [0.05, 0.1) is 11.9 Å². The third-order valence-electron chi connectivity index (χ3n) is 2.89. The maximum absolute atomic E-state index is 11.6. The zero-order valence-corrected chi connectivity index (χ0v) is 9.14. The minimum absolute atomic E-state index is 0.475. The molecule has 2 rings (SSSR count). The molecule has 90 valence electrons. The summed E-state index contributed by atoms with van der Waals surface area (Å²) in [5.74, 6) is -0.981. The highest BCUT2D eigenvalue weighted by atomic mass is 16.4. The quantitative estimate of drug-likeness (QED) is 0.734. The van der Waals surface area contributed by atoms with E-state index in [-0.39, 0.29) is 0 Å². The Morgan fingerprint density at radius 1 is 1.41 bits per heavy atom. The van der Waals surface area contributed by atoms with Crippen LogP contribution in [0.25, 0.3) is 0 Å². The van der Waals surface area contributed by atoms with Crippen LogP contribution >= 0.6 is 0 Å². The molecule has 0 radical (unpaired) electrons. The molecule has 1 saturated carbocycles. The number of carbonyl (C=O) groups is 2. The van der Waals surface area contributed by atoms with Gasteiger partial charge in [-0.3, -0.25) is 4.98 Å². The number of nitrogens with zero attached hydrogens (tertiary/aromatic N) is 1. The van der Waals surface area contributed by atoms with E-state index in [1.54, 1.807) is 18.3 Å². The number of anilines is 1. The maximum atomic E-state index is 11.6. The van der Waals surface area contributed by atoms with Gasteiger partial charge in [0, 0.05) is 6.20 Å². The predicted molar refractivity (Wildman–Crippen MR) is 60.6 cm³/mol. The van der Waals surface area contributed by atoms with Crippen LogP contribution in [-0.2, 0) is 4.79 Å². The van der Waals surface area contributed by atoms with E-state index >= 15 is 0 Å². The smallest absolute Gasteiger partial charge is 0.329 e. The van der Waals surface area contributed by atoms with Crippen molar-refractivity contribution < 1.29 is 14.7 Å². The molecule has 6 nitrogen and oxygen atoms in total. The fraction of sp³-hybridized carbons (Fsp3) is 0.364. The van der Waals surface area contributed by atoms with Crippen molar-refractivity contribution >= 4 is 17.7 Å². The van der Waals surface area contributed by atoms with Gasteiger partial charge in [-0.15, -0.1) is 0 Å². The Bertz CT molecular complexity index is 429. The molecular formula is C11H13N3O3. The third kappa shape index (κ3) is 2.35. The zero-order valence-electron chi connectivity index (χ0n) is 9.14. The lowest BCUT2D eigenvalue weighted by molar-refractivity contribution is -0.148. The second-order valence-electron chi connectivity index (χ2n) is 4.06. The number of urea groups is 1. The van der Waals surface area contributed by atoms with E-state index in [2.05, 4.69) is 15.6 Å². The Hall–Kier alpha value is -2.11. The number of hydrogen-bond donors (Lipinski definition) is 3. The molecule has 1 heterocycles. The molecule has 1 aliphatic carbocycles. The summed E-state index contributed by atoms with van der Waals surface area (Å²) >= 11 is 0. The van der Waals surface area contributed by atoms with E-state index in [9.17, 15) is 9.59 Å². The van der Waals surface area contributed by atoms with Crippen molar-refractivity contribution in [3.63, 3.8) is 0 Å². The van der Waals surface area contributed by atoms with Gasteiger partial charge in [-0.2, -0.15) is 0 Å². The number of nitrogens with one attached hydrogen (secondary N) is 2. The summed E-state index contributed by atoms with van der Waals surface area (Å²) in [5.41, 5.74) is -0.559. The van der Waals surface area contributed by atoms with Gasteiger partial charge in [-0.25, -0.2) is 9.59 Å². The average Bonchev–Trinajstić information content (AvgIpc) is 2.24. The molecule has 3 N–H and O–H groups in total. The van der Waals surface area contributed by atoms with E-state index in [1.807, 2.05) is 0 Å². The SMILES string of the molecule is O=C(Nc1cccnc1)NC1(C(=O)O)CCC1. The highest BCUT2D eigenvalue weighted by Crippen LogP contribution is 2.32. The van der Waals surface area contributed by atoms with Crippen molar-refractivity contribution in [1.29, 1.82) is 0 Å². The first-order chi connectivity index (χ1) is 8.12. The lowest BCUT2D eigenvalue weighted by Crippen LogP contribution is -2.60. The van der Waals surface area contributed by atoms with Crippen molar-refractivity contribution in [1.82, 2.24) is 10.3 Å². The van der Waals surface area contributed by atoms with Crippen LogP contribution in [0.2, 0.25) is 0 Å². The number of hydrogen-bond acceptors (Lipinski definition) is 3. The van der Waals surface area contributed by atoms with Crippen LogP contribution in [0.4, 0.5) is 10.5 Å². The number of carbonyl (C=O) groups excluding carboxylic acids is 1. The first-order valence-electron chi connectivity index (χ1n) is 5.35. The number of rotatable bonds is 3. The fourth-order valence-electron chi connectivity index (χ4n) is 1.74. The monoisotopic (exact) mass is 235 g/mol. The summed E-state index contributed by atoms with van der Waals surface area (Å²) in [4.78, 5) is 26.5. The van der Waals surface area contributed by atoms with Crippen LogP contribution in [0.1, 0.15) is 19.3 Å². The van der Waals surface area contributed by atoms with E-state index in [1.165, 1.54) is 6.20 Å². The number of carboxylic acid groups (broad SMARTS) is 1. The molecule has 6 heteroatoms. The van der Waals surface area contributed by atoms with Crippen LogP contribution in [0.3, 0.4) is 0 Å². The van der Waals surface area contributed by atoms with Crippen LogP contribution < -0.4 is 10.6 Å². The Kier molecular flexibility index (Phi) is 2.95. The largest absolute Gasteiger partial charge is 0.480 e. The first kappa shape index (κ1) is 11.4. The fourth-order valence-corrected chi connectivity index (χ4v) is 1.74. The number of pyridine rings is 1. The van der Waals surface area contributed by atoms with Crippen molar-refractivity contribution in [2.45, 2.75) is 24.8 Å². The van der Waals surface area contributed by atoms with Crippen molar-refractivity contribution in [3.8, 4) is 0 Å². The molecule has 0 atom stereocenters. The summed E-state index contributed by atoms with van der Waals surface area (Å²) in [6.45, 7) is 0. The molecule has 1 fully saturated rings. The van der Waals surface area contributed by atoms with Crippen LogP contribution in [0, 0.1) is 0 Å². The molecule has 0 bridgehead atoms. The van der Waals surface area contributed by atoms with Crippen LogP contribution in [-0.4, -0.2) is 27.6 Å². The molecule has 1 aromatic rings. The molecule has 0 aromatic carbocycles. The average molecular weight is 235 g/mol. The predicted octanol–water partition coefficient (Wildman–Crippen LogP) is 1.21. The molecule has 1 aliphatic rings. The molecule has 0 aliphatic heterocycles. The van der Waals surface area contributed by atoms with Crippen molar-refractivity contribution in [2.24, 2.45) is 0 Å². The number of amides is 2. The standard InChI is InChI=1S/C11H13N3O3/c15-9(16)11(4-2-5-11)14-10(17)13-8-3-1-6-12-7-8/h1,3,6-7H,2,4-5H2,(H,15,16)(H2,13,14,17). The summed E-state index contributed by atoms with van der Waals surface area (Å²) < 4.78 is 0. The Morgan fingerprint density at radius 2 is 2.18 bits per heavy atom. The normalized spacial score (nSPS) is 16.7. The van der Waals surface area contributed by atoms with E-state index in [0.717, 1.165) is 6.42 Å². The van der Waals surface area contributed by atoms with Gasteiger partial charge in [-0.05, 0) is 31.4 Å². The van der Waals surface area contributed by atoms with E-state index < -0.39 is 17.5 Å². The Morgan fingerprint density at radius 3 is 2.65 bits per heavy atom. The van der Waals surface area contributed by atoms with Crippen LogP contribution in [0.5, 0.6) is 0 Å². The molecule has 2 amide bonds. The van der Waals surface area contributed by atoms with Gasteiger partial charge in [0.15, 0.2) is 0 Å². The summed E-state index contributed by atoms with van der Waals surface area (Å²) in [5, 5.41) is 14.1. The molecular weight excluding hydrogens is 222 g/mol. The van der Waals surface area contributed by atoms with Crippen molar-refractivity contribution in [2.75, 3.05) is 5.32 Å². The van der Waals surface area contributed by atoms with Gasteiger partial charge in [-0.1, -0.05) is 0 Å². The summed E-state index contributed by atoms with van der Waals surface area (Å²) in [7, 11) is 0. The highest BCUT2D eigenvalue weighted by Gasteiger charge is 2.45. The molecule has 0 spiro atoms. The number of carboxylic acids is 1. The lowest BCUT2D eigenvalue weighted by atomic mass is 9.77. The van der Waals surface area contributed by atoms with Gasteiger partial charge in [0.25, 0.3) is 0 Å². The second kappa shape index (κ2) is 4.40. The third-order valence-corrected chi connectivity index (χ3v) is 2.89. The topological polar surface area (TPSA) is 91.3 Å². The summed E-state index contributed by atoms with van der Waals surface area (Å²) in [6, 6.07) is 2.85. The summed E-state index contributed by atoms with van der Waals surface area (Å²) in [6.07, 6.45) is 4.85. The Balaban J connectivity index is 1.96. The van der Waals surface area contributed by atoms with Gasteiger partial charge < -0.3 is 15.7 Å². The molecule has 0 unspecified atom stereocenters. The van der Waals surface area contributed by atoms with Crippen molar-refractivity contribution in [3.05, 3.63) is 24.5 Å². The van der Waals surface area contributed by atoms with Crippen LogP contribution in [0.15, 0.2) is 24.5 Å². The van der Waals surface area contributed by atoms with Gasteiger partial charge in [0.2, 0.25) is 0 Å². The molecule has 17 heavy (non-hydrogen) atoms. The highest BCUT2D eigenvalue weighted by molar-refractivity contribution is 5.94. The van der Waals surface area contributed by atoms with Gasteiger partial charge >= 0.3 is 12.0 Å². The number of aromatic nitrogens is 1.